The molecule has 0 aliphatic carbocycles. The average Bonchev–Trinajstić information content (AvgIpc) is 3.50. The Hall–Kier alpha value is -4.15. The van der Waals surface area contributed by atoms with Crippen LogP contribution in [0.25, 0.3) is 6.08 Å². The molecule has 1 unspecified atom stereocenters. The second-order valence-corrected chi connectivity index (χ2v) is 10.4. The number of halogens is 2. The van der Waals surface area contributed by atoms with Crippen LogP contribution in [-0.2, 0) is 15.3 Å². The number of amides is 1. The molecular weight excluding hydrogens is 528 g/mol. The zero-order chi connectivity index (χ0) is 26.6. The SMILES string of the molecule is O=C(C=Cc1ccccc1)C1=C(O)C(=O)N(c2nnc(SCc3ccccc3F)s2)C1c1ccc(F)cc1. The first-order valence-electron chi connectivity index (χ1n) is 11.4. The normalized spacial score (nSPS) is 15.6. The molecule has 1 aliphatic heterocycles. The van der Waals surface area contributed by atoms with Crippen molar-refractivity contribution in [1.29, 1.82) is 0 Å². The van der Waals surface area contributed by atoms with Gasteiger partial charge in [0.1, 0.15) is 11.6 Å². The maximum absolute atomic E-state index is 14.0. The van der Waals surface area contributed by atoms with Crippen molar-refractivity contribution in [3.05, 3.63) is 125 Å². The highest BCUT2D eigenvalue weighted by molar-refractivity contribution is 8.00. The van der Waals surface area contributed by atoms with E-state index in [1.165, 1.54) is 53.1 Å². The molecule has 0 saturated carbocycles. The molecule has 2 heterocycles. The van der Waals surface area contributed by atoms with Gasteiger partial charge in [-0.1, -0.05) is 89.8 Å². The zero-order valence-corrected chi connectivity index (χ0v) is 21.3. The van der Waals surface area contributed by atoms with Crippen molar-refractivity contribution < 1.29 is 23.5 Å². The van der Waals surface area contributed by atoms with Gasteiger partial charge < -0.3 is 5.11 Å². The van der Waals surface area contributed by atoms with Gasteiger partial charge in [-0.15, -0.1) is 10.2 Å². The molecule has 38 heavy (non-hydrogen) atoms. The van der Waals surface area contributed by atoms with Crippen LogP contribution >= 0.6 is 23.1 Å². The van der Waals surface area contributed by atoms with Gasteiger partial charge >= 0.3 is 0 Å². The first-order chi connectivity index (χ1) is 18.4. The molecule has 1 N–H and O–H groups in total. The van der Waals surface area contributed by atoms with Gasteiger partial charge in [0.15, 0.2) is 15.9 Å². The maximum atomic E-state index is 14.0. The number of hydrogen-bond donors (Lipinski definition) is 1. The smallest absolute Gasteiger partial charge is 0.296 e. The molecule has 0 spiro atoms. The van der Waals surface area contributed by atoms with Crippen molar-refractivity contribution in [1.82, 2.24) is 10.2 Å². The number of allylic oxidation sites excluding steroid dienone is 1. The quantitative estimate of drug-likeness (QED) is 0.159. The van der Waals surface area contributed by atoms with E-state index < -0.39 is 29.3 Å². The number of hydrogen-bond acceptors (Lipinski definition) is 7. The van der Waals surface area contributed by atoms with Crippen molar-refractivity contribution in [2.24, 2.45) is 0 Å². The lowest BCUT2D eigenvalue weighted by molar-refractivity contribution is -0.117. The molecule has 190 valence electrons. The number of aliphatic hydroxyl groups is 1. The topological polar surface area (TPSA) is 83.4 Å². The zero-order valence-electron chi connectivity index (χ0n) is 19.6. The molecule has 5 rings (SSSR count). The highest BCUT2D eigenvalue weighted by Crippen LogP contribution is 2.43. The van der Waals surface area contributed by atoms with Crippen molar-refractivity contribution in [3.63, 3.8) is 0 Å². The molecule has 0 saturated heterocycles. The molecule has 6 nitrogen and oxygen atoms in total. The highest BCUT2D eigenvalue weighted by Gasteiger charge is 2.45. The molecule has 0 fully saturated rings. The highest BCUT2D eigenvalue weighted by atomic mass is 32.2. The number of aliphatic hydroxyl groups excluding tert-OH is 1. The van der Waals surface area contributed by atoms with Crippen molar-refractivity contribution in [3.8, 4) is 0 Å². The number of ketones is 1. The fourth-order valence-corrected chi connectivity index (χ4v) is 5.81. The van der Waals surface area contributed by atoms with E-state index in [4.69, 9.17) is 0 Å². The van der Waals surface area contributed by atoms with E-state index in [0.29, 0.717) is 21.2 Å². The van der Waals surface area contributed by atoms with Crippen LogP contribution in [0.5, 0.6) is 0 Å². The van der Waals surface area contributed by atoms with E-state index in [9.17, 15) is 23.5 Å². The maximum Gasteiger partial charge on any atom is 0.296 e. The molecule has 0 radical (unpaired) electrons. The number of nitrogens with zero attached hydrogens (tertiary/aromatic N) is 3. The average molecular weight is 548 g/mol. The number of anilines is 1. The molecule has 1 amide bonds. The van der Waals surface area contributed by atoms with Crippen LogP contribution in [-0.4, -0.2) is 27.0 Å². The molecule has 1 aliphatic rings. The molecular formula is C28H19F2N3O3S2. The summed E-state index contributed by atoms with van der Waals surface area (Å²) in [7, 11) is 0. The summed E-state index contributed by atoms with van der Waals surface area (Å²) in [6.07, 6.45) is 2.86. The summed E-state index contributed by atoms with van der Waals surface area (Å²) < 4.78 is 28.2. The monoisotopic (exact) mass is 547 g/mol. The van der Waals surface area contributed by atoms with Gasteiger partial charge in [0.25, 0.3) is 5.91 Å². The molecule has 0 bridgehead atoms. The number of carbonyl (C=O) groups excluding carboxylic acids is 2. The van der Waals surface area contributed by atoms with Gasteiger partial charge in [-0.25, -0.2) is 8.78 Å². The molecule has 4 aromatic rings. The minimum Gasteiger partial charge on any atom is -0.503 e. The fraction of sp³-hybridized carbons (Fsp3) is 0.0714. The van der Waals surface area contributed by atoms with E-state index in [2.05, 4.69) is 10.2 Å². The Kier molecular flexibility index (Phi) is 7.43. The molecule has 1 atom stereocenters. The third-order valence-corrected chi connectivity index (χ3v) is 7.90. The summed E-state index contributed by atoms with van der Waals surface area (Å²) in [6, 6.07) is 19.8. The molecule has 1 aromatic heterocycles. The van der Waals surface area contributed by atoms with Crippen LogP contribution < -0.4 is 4.90 Å². The lowest BCUT2D eigenvalue weighted by Crippen LogP contribution is -2.30. The largest absolute Gasteiger partial charge is 0.503 e. The summed E-state index contributed by atoms with van der Waals surface area (Å²) >= 11 is 2.31. The van der Waals surface area contributed by atoms with E-state index in [1.807, 2.05) is 30.3 Å². The van der Waals surface area contributed by atoms with Gasteiger partial charge in [0.2, 0.25) is 5.13 Å². The third-order valence-electron chi connectivity index (χ3n) is 5.80. The Morgan fingerprint density at radius 3 is 2.45 bits per heavy atom. The number of thioether (sulfide) groups is 1. The van der Waals surface area contributed by atoms with Crippen LogP contribution in [0.3, 0.4) is 0 Å². The first kappa shape index (κ1) is 25.5. The molecule has 3 aromatic carbocycles. The second-order valence-electron chi connectivity index (χ2n) is 8.23. The minimum absolute atomic E-state index is 0.141. The van der Waals surface area contributed by atoms with Crippen molar-refractivity contribution in [2.45, 2.75) is 16.1 Å². The number of carbonyl (C=O) groups is 2. The van der Waals surface area contributed by atoms with Gasteiger partial charge in [-0.2, -0.15) is 0 Å². The van der Waals surface area contributed by atoms with Crippen LogP contribution in [0, 0.1) is 11.6 Å². The fourth-order valence-electron chi connectivity index (χ4n) is 3.95. The van der Waals surface area contributed by atoms with Crippen LogP contribution in [0.15, 0.2) is 101 Å². The van der Waals surface area contributed by atoms with Crippen LogP contribution in [0.2, 0.25) is 0 Å². The van der Waals surface area contributed by atoms with Gasteiger partial charge in [-0.3, -0.25) is 14.5 Å². The summed E-state index contributed by atoms with van der Waals surface area (Å²) in [5, 5.41) is 19.2. The lowest BCUT2D eigenvalue weighted by atomic mass is 9.96. The van der Waals surface area contributed by atoms with E-state index in [1.54, 1.807) is 24.3 Å². The predicted octanol–water partition coefficient (Wildman–Crippen LogP) is 6.29. The van der Waals surface area contributed by atoms with Gasteiger partial charge in [0.05, 0.1) is 11.6 Å². The van der Waals surface area contributed by atoms with E-state index in [-0.39, 0.29) is 16.5 Å². The number of benzene rings is 3. The predicted molar refractivity (Wildman–Crippen MR) is 143 cm³/mol. The minimum atomic E-state index is -1.05. The van der Waals surface area contributed by atoms with Gasteiger partial charge in [-0.05, 0) is 41.0 Å². The van der Waals surface area contributed by atoms with E-state index in [0.717, 1.165) is 16.9 Å². The van der Waals surface area contributed by atoms with E-state index >= 15 is 0 Å². The second kappa shape index (κ2) is 11.1. The van der Waals surface area contributed by atoms with Crippen molar-refractivity contribution >= 4 is 46.0 Å². The summed E-state index contributed by atoms with van der Waals surface area (Å²) in [6.45, 7) is 0. The Morgan fingerprint density at radius 2 is 1.71 bits per heavy atom. The Morgan fingerprint density at radius 1 is 1.00 bits per heavy atom. The first-order valence-corrected chi connectivity index (χ1v) is 13.2. The Balaban J connectivity index is 1.46. The number of aromatic nitrogens is 2. The van der Waals surface area contributed by atoms with Crippen LogP contribution in [0.4, 0.5) is 13.9 Å². The summed E-state index contributed by atoms with van der Waals surface area (Å²) in [4.78, 5) is 27.7. The summed E-state index contributed by atoms with van der Waals surface area (Å²) in [5.41, 5.74) is 1.52. The third kappa shape index (κ3) is 5.27. The van der Waals surface area contributed by atoms with Crippen LogP contribution in [0.1, 0.15) is 22.7 Å². The standard InChI is InChI=1S/C28H19F2N3O3S2/c29-20-13-11-18(12-14-20)24-23(22(34)15-10-17-6-2-1-3-7-17)25(35)26(36)33(24)27-31-32-28(38-27)37-16-19-8-4-5-9-21(19)30/h1-15,24,35H,16H2. The summed E-state index contributed by atoms with van der Waals surface area (Å²) in [5.74, 6) is -2.63. The Bertz CT molecular complexity index is 1550. The molecule has 10 heteroatoms. The number of rotatable bonds is 8. The lowest BCUT2D eigenvalue weighted by Gasteiger charge is -2.23. The van der Waals surface area contributed by atoms with Gasteiger partial charge in [0, 0.05) is 5.75 Å². The van der Waals surface area contributed by atoms with Crippen molar-refractivity contribution in [2.75, 3.05) is 4.90 Å². The Labute approximate surface area is 225 Å².